The SMILES string of the molecule is CC(NC(=O)c1c(N)nc2cccnn12)c1nc2n[nH]c(C#Cc3cnn(C)c3)c2c(=O)n1-c1ccccc1. The second kappa shape index (κ2) is 9.27. The molecule has 13 nitrogen and oxygen atoms in total. The fourth-order valence-electron chi connectivity index (χ4n) is 4.27. The number of nitrogens with zero attached hydrogens (tertiary/aromatic N) is 8. The molecular weight excluding hydrogens is 498 g/mol. The number of aryl methyl sites for hydroxylation is 1. The number of H-pyrrole nitrogens is 1. The summed E-state index contributed by atoms with van der Waals surface area (Å²) in [6.45, 7) is 1.72. The van der Waals surface area contributed by atoms with E-state index < -0.39 is 11.9 Å². The Labute approximate surface area is 220 Å². The molecule has 39 heavy (non-hydrogen) atoms. The number of rotatable bonds is 4. The molecular formula is C26H21N11O2. The fourth-order valence-corrected chi connectivity index (χ4v) is 4.27. The van der Waals surface area contributed by atoms with Crippen LogP contribution in [0.3, 0.4) is 0 Å². The van der Waals surface area contributed by atoms with Crippen LogP contribution in [0.2, 0.25) is 0 Å². The van der Waals surface area contributed by atoms with Gasteiger partial charge in [-0.25, -0.2) is 14.5 Å². The molecule has 1 aromatic carbocycles. The van der Waals surface area contributed by atoms with E-state index in [9.17, 15) is 9.59 Å². The van der Waals surface area contributed by atoms with Crippen LogP contribution in [0, 0.1) is 11.8 Å². The summed E-state index contributed by atoms with van der Waals surface area (Å²) in [5.74, 6) is 5.73. The number of para-hydroxylation sites is 1. The Hall–Kier alpha value is -5.77. The highest BCUT2D eigenvalue weighted by atomic mass is 16.2. The number of hydrogen-bond acceptors (Lipinski definition) is 8. The van der Waals surface area contributed by atoms with Crippen LogP contribution in [0.5, 0.6) is 0 Å². The maximum atomic E-state index is 13.9. The standard InChI is InChI=1S/C26H21N11O2/c1-15(30-25(38)21-22(27)31-19-9-6-12-28-37(19)21)24-32-23-20(26(39)36(24)17-7-4-3-5-8-17)18(33-34-23)11-10-16-13-29-35(2)14-16/h3-9,12-15H,27H2,1-2H3,(H,30,38)(H,33,34). The van der Waals surface area contributed by atoms with Gasteiger partial charge in [-0.1, -0.05) is 24.1 Å². The topological polar surface area (TPSA) is 167 Å². The highest BCUT2D eigenvalue weighted by molar-refractivity contribution is 5.98. The van der Waals surface area contributed by atoms with E-state index in [4.69, 9.17) is 5.73 Å². The number of nitrogen functional groups attached to an aromatic ring is 1. The number of carbonyl (C=O) groups excluding carboxylic acids is 1. The van der Waals surface area contributed by atoms with Gasteiger partial charge in [0.1, 0.15) is 16.9 Å². The van der Waals surface area contributed by atoms with Crippen molar-refractivity contribution in [3.05, 3.63) is 94.2 Å². The van der Waals surface area contributed by atoms with E-state index >= 15 is 0 Å². The molecule has 6 rings (SSSR count). The van der Waals surface area contributed by atoms with Gasteiger partial charge < -0.3 is 11.1 Å². The second-order valence-electron chi connectivity index (χ2n) is 8.73. The third-order valence-corrected chi connectivity index (χ3v) is 6.03. The van der Waals surface area contributed by atoms with Crippen LogP contribution in [0.1, 0.15) is 40.5 Å². The highest BCUT2D eigenvalue weighted by Gasteiger charge is 2.25. The number of nitrogens with two attached hydrogens (primary N) is 1. The van der Waals surface area contributed by atoms with E-state index in [1.807, 2.05) is 18.2 Å². The Kier molecular flexibility index (Phi) is 5.61. The largest absolute Gasteiger partial charge is 0.382 e. The lowest BCUT2D eigenvalue weighted by Gasteiger charge is -2.18. The number of aromatic nitrogens is 9. The molecule has 0 aliphatic rings. The van der Waals surface area contributed by atoms with Crippen molar-refractivity contribution in [2.45, 2.75) is 13.0 Å². The molecule has 13 heteroatoms. The average Bonchev–Trinajstić information content (AvgIpc) is 3.63. The van der Waals surface area contributed by atoms with E-state index in [2.05, 4.69) is 47.5 Å². The van der Waals surface area contributed by atoms with Gasteiger partial charge in [0.2, 0.25) is 0 Å². The first-order valence-electron chi connectivity index (χ1n) is 11.9. The zero-order valence-corrected chi connectivity index (χ0v) is 20.8. The molecule has 0 aliphatic heterocycles. The smallest absolute Gasteiger partial charge is 0.274 e. The van der Waals surface area contributed by atoms with Gasteiger partial charge in [0.05, 0.1) is 23.5 Å². The summed E-state index contributed by atoms with van der Waals surface area (Å²) in [5.41, 5.74) is 7.91. The van der Waals surface area contributed by atoms with Crippen LogP contribution in [0.15, 0.2) is 65.8 Å². The Balaban J connectivity index is 1.45. The number of amides is 1. The molecule has 5 aromatic heterocycles. The zero-order valence-electron chi connectivity index (χ0n) is 20.8. The summed E-state index contributed by atoms with van der Waals surface area (Å²) in [6, 6.07) is 11.7. The maximum Gasteiger partial charge on any atom is 0.274 e. The first-order chi connectivity index (χ1) is 18.9. The van der Waals surface area contributed by atoms with Gasteiger partial charge in [-0.05, 0) is 37.1 Å². The molecule has 5 heterocycles. The minimum absolute atomic E-state index is 0.0337. The van der Waals surface area contributed by atoms with Crippen molar-refractivity contribution in [2.24, 2.45) is 7.05 Å². The van der Waals surface area contributed by atoms with Gasteiger partial charge in [-0.15, -0.1) is 0 Å². The van der Waals surface area contributed by atoms with Crippen LogP contribution >= 0.6 is 0 Å². The van der Waals surface area contributed by atoms with Gasteiger partial charge in [-0.2, -0.15) is 15.3 Å². The number of anilines is 1. The van der Waals surface area contributed by atoms with Crippen molar-refractivity contribution >= 4 is 28.4 Å². The average molecular weight is 520 g/mol. The van der Waals surface area contributed by atoms with Gasteiger partial charge in [0.15, 0.2) is 22.8 Å². The lowest BCUT2D eigenvalue weighted by Crippen LogP contribution is -2.34. The van der Waals surface area contributed by atoms with Crippen LogP contribution in [-0.4, -0.2) is 50.0 Å². The van der Waals surface area contributed by atoms with Crippen LogP contribution in [0.25, 0.3) is 22.4 Å². The van der Waals surface area contributed by atoms with Gasteiger partial charge in [0, 0.05) is 19.4 Å². The molecule has 0 bridgehead atoms. The number of fused-ring (bicyclic) bond motifs is 2. The van der Waals surface area contributed by atoms with E-state index in [-0.39, 0.29) is 33.9 Å². The van der Waals surface area contributed by atoms with Crippen molar-refractivity contribution in [3.8, 4) is 17.5 Å². The van der Waals surface area contributed by atoms with E-state index in [1.165, 1.54) is 15.3 Å². The molecule has 1 unspecified atom stereocenters. The minimum atomic E-state index is -0.731. The highest BCUT2D eigenvalue weighted by Crippen LogP contribution is 2.20. The molecule has 0 fully saturated rings. The monoisotopic (exact) mass is 519 g/mol. The summed E-state index contributed by atoms with van der Waals surface area (Å²) in [4.78, 5) is 36.1. The Morgan fingerprint density at radius 2 is 1.92 bits per heavy atom. The van der Waals surface area contributed by atoms with Crippen molar-refractivity contribution in [2.75, 3.05) is 5.73 Å². The third-order valence-electron chi connectivity index (χ3n) is 6.03. The van der Waals surface area contributed by atoms with E-state index in [0.717, 1.165) is 0 Å². The number of benzene rings is 1. The number of hydrogen-bond donors (Lipinski definition) is 3. The summed E-state index contributed by atoms with van der Waals surface area (Å²) in [6.07, 6.45) is 4.92. The molecule has 0 saturated carbocycles. The van der Waals surface area contributed by atoms with Gasteiger partial charge >= 0.3 is 0 Å². The number of carbonyl (C=O) groups is 1. The van der Waals surface area contributed by atoms with Crippen molar-refractivity contribution in [3.63, 3.8) is 0 Å². The van der Waals surface area contributed by atoms with E-state index in [0.29, 0.717) is 22.6 Å². The van der Waals surface area contributed by atoms with E-state index in [1.54, 1.807) is 55.3 Å². The van der Waals surface area contributed by atoms with Crippen molar-refractivity contribution < 1.29 is 4.79 Å². The number of aromatic amines is 1. The first kappa shape index (κ1) is 23.6. The maximum absolute atomic E-state index is 13.9. The second-order valence-corrected chi connectivity index (χ2v) is 8.73. The van der Waals surface area contributed by atoms with Crippen LogP contribution in [-0.2, 0) is 7.05 Å². The summed E-state index contributed by atoms with van der Waals surface area (Å²) in [5, 5.41) is 18.4. The molecule has 4 N–H and O–H groups in total. The molecule has 192 valence electrons. The fraction of sp³-hybridized carbons (Fsp3) is 0.115. The molecule has 6 aromatic rings. The molecule has 1 amide bonds. The summed E-state index contributed by atoms with van der Waals surface area (Å²) in [7, 11) is 1.79. The molecule has 0 aliphatic carbocycles. The zero-order chi connectivity index (χ0) is 27.1. The summed E-state index contributed by atoms with van der Waals surface area (Å²) < 4.78 is 4.44. The normalized spacial score (nSPS) is 11.8. The first-order valence-corrected chi connectivity index (χ1v) is 11.9. The predicted molar refractivity (Wildman–Crippen MR) is 142 cm³/mol. The summed E-state index contributed by atoms with van der Waals surface area (Å²) >= 11 is 0. The predicted octanol–water partition coefficient (Wildman–Crippen LogP) is 1.36. The molecule has 1 atom stereocenters. The number of imidazole rings is 1. The Morgan fingerprint density at radius 1 is 1.10 bits per heavy atom. The third kappa shape index (κ3) is 4.15. The molecule has 0 spiro atoms. The molecule has 0 saturated heterocycles. The Morgan fingerprint density at radius 3 is 2.69 bits per heavy atom. The van der Waals surface area contributed by atoms with Crippen LogP contribution < -0.4 is 16.6 Å². The van der Waals surface area contributed by atoms with Crippen LogP contribution in [0.4, 0.5) is 5.82 Å². The quantitative estimate of drug-likeness (QED) is 0.294. The van der Waals surface area contributed by atoms with Gasteiger partial charge in [-0.3, -0.25) is 23.9 Å². The minimum Gasteiger partial charge on any atom is -0.382 e. The molecule has 0 radical (unpaired) electrons. The lowest BCUT2D eigenvalue weighted by molar-refractivity contribution is 0.0931. The number of nitrogens with one attached hydrogen (secondary N) is 2. The van der Waals surface area contributed by atoms with Gasteiger partial charge in [0.25, 0.3) is 11.5 Å². The Bertz CT molecular complexity index is 1990. The van der Waals surface area contributed by atoms with Crippen molar-refractivity contribution in [1.82, 2.24) is 49.4 Å². The van der Waals surface area contributed by atoms with Crippen molar-refractivity contribution in [1.29, 1.82) is 0 Å². The lowest BCUT2D eigenvalue weighted by atomic mass is 10.2.